The van der Waals surface area contributed by atoms with Gasteiger partial charge in [-0.05, 0) is 18.5 Å². The summed E-state index contributed by atoms with van der Waals surface area (Å²) in [6, 6.07) is 0. The van der Waals surface area contributed by atoms with Gasteiger partial charge in [0.2, 0.25) is 11.2 Å². The first-order valence-corrected chi connectivity index (χ1v) is 12.3. The van der Waals surface area contributed by atoms with Crippen molar-refractivity contribution in [2.24, 2.45) is 0 Å². The number of halogens is 3. The minimum absolute atomic E-state index is 0.00932. The van der Waals surface area contributed by atoms with E-state index in [1.165, 1.54) is 4.90 Å². The lowest BCUT2D eigenvalue weighted by atomic mass is 10.5. The third-order valence-corrected chi connectivity index (χ3v) is 7.37. The molecule has 1 rings (SSSR count). The molecule has 0 atom stereocenters. The second-order valence-electron chi connectivity index (χ2n) is 5.12. The van der Waals surface area contributed by atoms with Crippen LogP contribution < -0.4 is 4.90 Å². The lowest BCUT2D eigenvalue weighted by molar-refractivity contribution is 0.594. The van der Waals surface area contributed by atoms with Crippen LogP contribution in [0.1, 0.15) is 5.82 Å². The van der Waals surface area contributed by atoms with E-state index in [1.54, 1.807) is 6.92 Å². The fourth-order valence-electron chi connectivity index (χ4n) is 1.83. The number of rotatable bonds is 11. The van der Waals surface area contributed by atoms with Gasteiger partial charge in [0.15, 0.2) is 19.7 Å². The summed E-state index contributed by atoms with van der Waals surface area (Å²) >= 11 is 16.8. The molecule has 0 amide bonds. The van der Waals surface area contributed by atoms with Gasteiger partial charge in [-0.25, -0.2) is 21.8 Å². The quantitative estimate of drug-likeness (QED) is 0.455. The minimum Gasteiger partial charge on any atom is -0.339 e. The van der Waals surface area contributed by atoms with Gasteiger partial charge in [0.1, 0.15) is 5.82 Å². The Kier molecular flexibility index (Phi) is 9.10. The van der Waals surface area contributed by atoms with Crippen LogP contribution in [-0.2, 0) is 19.7 Å². The van der Waals surface area contributed by atoms with Crippen LogP contribution in [0.3, 0.4) is 0 Å². The molecule has 0 radical (unpaired) electrons. The first-order chi connectivity index (χ1) is 11.6. The van der Waals surface area contributed by atoms with Crippen molar-refractivity contribution in [3.63, 3.8) is 0 Å². The molecule has 0 spiro atoms. The van der Waals surface area contributed by atoms with E-state index in [0.29, 0.717) is 5.82 Å². The molecule has 0 unspecified atom stereocenters. The maximum Gasteiger partial charge on any atom is 0.229 e. The summed E-state index contributed by atoms with van der Waals surface area (Å²) in [5.74, 6) is -0.304. The van der Waals surface area contributed by atoms with Crippen molar-refractivity contribution in [2.75, 3.05) is 52.8 Å². The highest BCUT2D eigenvalue weighted by Gasteiger charge is 2.19. The van der Waals surface area contributed by atoms with Crippen LogP contribution >= 0.6 is 34.8 Å². The molecule has 1 heterocycles. The van der Waals surface area contributed by atoms with Gasteiger partial charge in [0, 0.05) is 24.8 Å². The van der Waals surface area contributed by atoms with E-state index >= 15 is 0 Å². The van der Waals surface area contributed by atoms with Crippen LogP contribution in [0.15, 0.2) is 0 Å². The number of hydrogen-bond acceptors (Lipinski definition) is 8. The minimum atomic E-state index is -3.37. The molecule has 1 aromatic rings. The van der Waals surface area contributed by atoms with Gasteiger partial charge in [-0.1, -0.05) is 0 Å². The predicted octanol–water partition coefficient (Wildman–Crippen LogP) is 0.947. The van der Waals surface area contributed by atoms with Gasteiger partial charge in [-0.15, -0.1) is 23.2 Å². The number of aryl methyl sites for hydroxylation is 1. The number of hydrogen-bond donors (Lipinski definition) is 0. The first-order valence-electron chi connectivity index (χ1n) is 7.24. The topological polar surface area (TPSA) is 110 Å². The Labute approximate surface area is 162 Å². The normalized spacial score (nSPS) is 12.3. The predicted molar refractivity (Wildman–Crippen MR) is 101 cm³/mol. The van der Waals surface area contributed by atoms with Gasteiger partial charge >= 0.3 is 0 Å². The van der Waals surface area contributed by atoms with Crippen molar-refractivity contribution < 1.29 is 16.8 Å². The largest absolute Gasteiger partial charge is 0.339 e. The van der Waals surface area contributed by atoms with Gasteiger partial charge < -0.3 is 4.90 Å². The summed E-state index contributed by atoms with van der Waals surface area (Å²) < 4.78 is 47.5. The number of sulfone groups is 2. The zero-order chi connectivity index (χ0) is 19.1. The summed E-state index contributed by atoms with van der Waals surface area (Å²) in [7, 11) is -6.73. The lowest BCUT2D eigenvalue weighted by Gasteiger charge is -2.22. The Hall–Kier alpha value is -0.420. The van der Waals surface area contributed by atoms with E-state index in [4.69, 9.17) is 34.8 Å². The maximum absolute atomic E-state index is 11.9. The molecule has 0 N–H and O–H groups in total. The molecule has 0 saturated heterocycles. The van der Waals surface area contributed by atoms with E-state index in [2.05, 4.69) is 15.0 Å². The Morgan fingerprint density at radius 1 is 0.840 bits per heavy atom. The molecule has 144 valence electrons. The molecule has 0 fully saturated rings. The molecule has 25 heavy (non-hydrogen) atoms. The molecule has 0 aliphatic carbocycles. The fourth-order valence-corrected chi connectivity index (χ4v) is 5.31. The van der Waals surface area contributed by atoms with Crippen molar-refractivity contribution in [2.45, 2.75) is 6.92 Å². The van der Waals surface area contributed by atoms with Crippen molar-refractivity contribution in [1.82, 2.24) is 15.0 Å². The second kappa shape index (κ2) is 10.1. The third-order valence-electron chi connectivity index (χ3n) is 3.11. The molecule has 13 heteroatoms. The van der Waals surface area contributed by atoms with Crippen molar-refractivity contribution in [1.29, 1.82) is 0 Å². The number of alkyl halides is 2. The van der Waals surface area contributed by atoms with Crippen molar-refractivity contribution in [3.8, 4) is 0 Å². The van der Waals surface area contributed by atoms with Crippen molar-refractivity contribution in [3.05, 3.63) is 11.1 Å². The summed E-state index contributed by atoms with van der Waals surface area (Å²) in [5, 5.41) is -0.0558. The van der Waals surface area contributed by atoms with Crippen LogP contribution in [0, 0.1) is 6.92 Å². The van der Waals surface area contributed by atoms with Crippen LogP contribution in [0.2, 0.25) is 5.28 Å². The fraction of sp³-hybridized carbons (Fsp3) is 0.750. The number of nitrogens with zero attached hydrogens (tertiary/aromatic N) is 4. The van der Waals surface area contributed by atoms with E-state index in [9.17, 15) is 16.8 Å². The third kappa shape index (κ3) is 8.67. The molecule has 0 aliphatic rings. The average molecular weight is 454 g/mol. The van der Waals surface area contributed by atoms with Crippen LogP contribution in [0.25, 0.3) is 0 Å². The highest BCUT2D eigenvalue weighted by Crippen LogP contribution is 2.12. The standard InChI is InChI=1S/C12H19Cl3N4O4S2/c1-10-16-11(15)18-12(17-10)19(4-8-24(20,21)6-2-13)5-9-25(22,23)7-3-14/h2-9H2,1H3. The average Bonchev–Trinajstić information content (AvgIpc) is 2.45. The van der Waals surface area contributed by atoms with Gasteiger partial charge in [0.25, 0.3) is 0 Å². The first kappa shape index (κ1) is 22.6. The molecule has 1 aromatic heterocycles. The van der Waals surface area contributed by atoms with Crippen molar-refractivity contribution >= 4 is 60.4 Å². The van der Waals surface area contributed by atoms with Crippen LogP contribution in [-0.4, -0.2) is 79.6 Å². The molecule has 0 saturated carbocycles. The number of aromatic nitrogens is 3. The van der Waals surface area contributed by atoms with Gasteiger partial charge in [-0.2, -0.15) is 9.97 Å². The molecular weight excluding hydrogens is 435 g/mol. The Morgan fingerprint density at radius 2 is 1.32 bits per heavy atom. The Balaban J connectivity index is 2.97. The smallest absolute Gasteiger partial charge is 0.229 e. The van der Waals surface area contributed by atoms with E-state index < -0.39 is 19.7 Å². The monoisotopic (exact) mass is 452 g/mol. The number of anilines is 1. The second-order valence-corrected chi connectivity index (χ2v) is 10.8. The summed E-state index contributed by atoms with van der Waals surface area (Å²) in [4.78, 5) is 13.4. The van der Waals surface area contributed by atoms with Gasteiger partial charge in [-0.3, -0.25) is 0 Å². The molecular formula is C12H19Cl3N4O4S2. The SMILES string of the molecule is Cc1nc(Cl)nc(N(CCS(=O)(=O)CCCl)CCS(=O)(=O)CCCl)n1. The highest BCUT2D eigenvalue weighted by molar-refractivity contribution is 7.91. The van der Waals surface area contributed by atoms with Gasteiger partial charge in [0.05, 0.1) is 23.0 Å². The summed E-state index contributed by atoms with van der Waals surface area (Å²) in [6.45, 7) is 1.62. The van der Waals surface area contributed by atoms with E-state index in [0.717, 1.165) is 0 Å². The highest BCUT2D eigenvalue weighted by atomic mass is 35.5. The van der Waals surface area contributed by atoms with E-state index in [1.807, 2.05) is 0 Å². The van der Waals surface area contributed by atoms with E-state index in [-0.39, 0.29) is 59.1 Å². The summed E-state index contributed by atoms with van der Waals surface area (Å²) in [6.07, 6.45) is 0. The molecule has 8 nitrogen and oxygen atoms in total. The zero-order valence-corrected chi connectivity index (χ0v) is 17.4. The summed E-state index contributed by atoms with van der Waals surface area (Å²) in [5.41, 5.74) is 0. The Bertz CT molecular complexity index is 714. The van der Waals surface area contributed by atoms with Crippen LogP contribution in [0.5, 0.6) is 0 Å². The van der Waals surface area contributed by atoms with Crippen LogP contribution in [0.4, 0.5) is 5.95 Å². The zero-order valence-electron chi connectivity index (χ0n) is 13.5. The lowest BCUT2D eigenvalue weighted by Crippen LogP contribution is -2.36. The Morgan fingerprint density at radius 3 is 1.72 bits per heavy atom. The molecule has 0 bridgehead atoms. The molecule has 0 aliphatic heterocycles. The molecule has 0 aromatic carbocycles. The maximum atomic E-state index is 11.9.